The van der Waals surface area contributed by atoms with Gasteiger partial charge in [-0.05, 0) is 37.6 Å². The lowest BCUT2D eigenvalue weighted by molar-refractivity contribution is -0.135. The molecule has 1 aromatic carbocycles. The minimum absolute atomic E-state index is 0.0179. The Morgan fingerprint density at radius 3 is 2.74 bits per heavy atom. The Hall–Kier alpha value is -2.24. The maximum atomic E-state index is 12.4. The lowest BCUT2D eigenvalue weighted by Crippen LogP contribution is -2.22. The average Bonchev–Trinajstić information content (AvgIpc) is 2.87. The Morgan fingerprint density at radius 1 is 1.22 bits per heavy atom. The van der Waals surface area contributed by atoms with Crippen LogP contribution in [0.3, 0.4) is 0 Å². The molecule has 0 unspecified atom stereocenters. The van der Waals surface area contributed by atoms with Crippen molar-refractivity contribution in [1.29, 1.82) is 0 Å². The molecule has 2 heterocycles. The first-order valence-electron chi connectivity index (χ1n) is 7.92. The van der Waals surface area contributed by atoms with E-state index in [-0.39, 0.29) is 13.0 Å². The van der Waals surface area contributed by atoms with Crippen LogP contribution in [0.5, 0.6) is 0 Å². The minimum Gasteiger partial charge on any atom is -0.358 e. The normalized spacial score (nSPS) is 12.8. The van der Waals surface area contributed by atoms with E-state index < -0.39 is 12.6 Å². The van der Waals surface area contributed by atoms with Gasteiger partial charge in [0.25, 0.3) is 0 Å². The summed E-state index contributed by atoms with van der Waals surface area (Å²) in [6.45, 7) is 2.23. The highest BCUT2D eigenvalue weighted by Gasteiger charge is 2.26. The molecule has 0 fully saturated rings. The maximum Gasteiger partial charge on any atom is 0.389 e. The Kier molecular flexibility index (Phi) is 3.59. The third-order valence-corrected chi connectivity index (χ3v) is 3.91. The van der Waals surface area contributed by atoms with Gasteiger partial charge < -0.3 is 9.30 Å². The highest BCUT2D eigenvalue weighted by Crippen LogP contribution is 2.27. The van der Waals surface area contributed by atoms with Crippen molar-refractivity contribution in [3.8, 4) is 0 Å². The first-order chi connectivity index (χ1) is 11.3. The third kappa shape index (κ3) is 3.11. The van der Waals surface area contributed by atoms with E-state index in [1.54, 1.807) is 24.1 Å². The van der Waals surface area contributed by atoms with Crippen LogP contribution in [0, 0.1) is 6.92 Å². The number of rotatable bonds is 4. The summed E-state index contributed by atoms with van der Waals surface area (Å²) in [5, 5.41) is 0. The zero-order chi connectivity index (χ0) is 17.5. The van der Waals surface area contributed by atoms with Crippen LogP contribution >= 0.6 is 0 Å². The van der Waals surface area contributed by atoms with E-state index in [1.807, 2.05) is 29.5 Å². The second-order valence-electron chi connectivity index (χ2n) is 5.69. The fourth-order valence-corrected chi connectivity index (χ4v) is 2.80. The number of para-hydroxylation sites is 2. The molecule has 0 atom stereocenters. The van der Waals surface area contributed by atoms with Gasteiger partial charge in [0.1, 0.15) is 0 Å². The van der Waals surface area contributed by atoms with Crippen LogP contribution in [-0.2, 0) is 0 Å². The van der Waals surface area contributed by atoms with E-state index in [2.05, 4.69) is 4.98 Å². The largest absolute Gasteiger partial charge is 0.389 e. The highest BCUT2D eigenvalue weighted by atomic mass is 19.4. The number of benzene rings is 1. The van der Waals surface area contributed by atoms with Gasteiger partial charge in [-0.2, -0.15) is 13.2 Å². The van der Waals surface area contributed by atoms with E-state index in [4.69, 9.17) is 1.37 Å². The summed E-state index contributed by atoms with van der Waals surface area (Å²) in [6, 6.07) is 9.45. The van der Waals surface area contributed by atoms with Crippen molar-refractivity contribution in [1.82, 2.24) is 9.38 Å². The van der Waals surface area contributed by atoms with Crippen molar-refractivity contribution in [2.75, 3.05) is 18.5 Å². The van der Waals surface area contributed by atoms with E-state index in [0.29, 0.717) is 17.4 Å². The predicted molar refractivity (Wildman–Crippen MR) is 86.0 cm³/mol. The number of alkyl halides is 3. The van der Waals surface area contributed by atoms with E-state index in [1.165, 1.54) is 0 Å². The van der Waals surface area contributed by atoms with E-state index in [9.17, 15) is 13.2 Å². The molecule has 3 rings (SSSR count). The lowest BCUT2D eigenvalue weighted by Gasteiger charge is -2.21. The Balaban J connectivity index is 2.02. The van der Waals surface area contributed by atoms with Crippen molar-refractivity contribution in [2.45, 2.75) is 25.9 Å². The Labute approximate surface area is 133 Å². The molecule has 0 aliphatic carbocycles. The zero-order valence-corrected chi connectivity index (χ0v) is 13.0. The molecule has 0 radical (unpaired) electrons. The van der Waals surface area contributed by atoms with Crippen molar-refractivity contribution >= 4 is 22.4 Å². The number of aromatic nitrogens is 2. The summed E-state index contributed by atoms with van der Waals surface area (Å²) in [5.41, 5.74) is 3.41. The fraction of sp³-hybridized carbons (Fsp3) is 0.353. The molecule has 2 aromatic heterocycles. The number of nitrogens with zero attached hydrogens (tertiary/aromatic N) is 3. The summed E-state index contributed by atoms with van der Waals surface area (Å²) in [4.78, 5) is 6.34. The fourth-order valence-electron chi connectivity index (χ4n) is 2.80. The van der Waals surface area contributed by atoms with Gasteiger partial charge in [0, 0.05) is 25.7 Å². The number of hydrogen-bond acceptors (Lipinski definition) is 2. The number of fused-ring (bicyclic) bond motifs is 3. The average molecular weight is 322 g/mol. The Morgan fingerprint density at radius 2 is 2.00 bits per heavy atom. The molecule has 0 bridgehead atoms. The molecular weight excluding hydrogens is 303 g/mol. The van der Waals surface area contributed by atoms with Crippen LogP contribution < -0.4 is 4.90 Å². The second-order valence-corrected chi connectivity index (χ2v) is 5.69. The van der Waals surface area contributed by atoms with Crippen LogP contribution in [-0.4, -0.2) is 29.2 Å². The monoisotopic (exact) mass is 322 g/mol. The van der Waals surface area contributed by atoms with Crippen LogP contribution in [0.4, 0.5) is 19.0 Å². The SMILES string of the molecule is [2H]c1ccc2c(c1)nc(N(C)CCCC(F)(F)F)c1ccc(C)n12. The maximum absolute atomic E-state index is 12.4. The summed E-state index contributed by atoms with van der Waals surface area (Å²) in [5.74, 6) is 0.628. The molecule has 6 heteroatoms. The molecule has 23 heavy (non-hydrogen) atoms. The van der Waals surface area contributed by atoms with Gasteiger partial charge in [0.2, 0.25) is 0 Å². The van der Waals surface area contributed by atoms with Crippen molar-refractivity contribution in [3.63, 3.8) is 0 Å². The van der Waals surface area contributed by atoms with Crippen LogP contribution in [0.1, 0.15) is 19.9 Å². The van der Waals surface area contributed by atoms with Crippen molar-refractivity contribution in [2.24, 2.45) is 0 Å². The zero-order valence-electron chi connectivity index (χ0n) is 14.0. The van der Waals surface area contributed by atoms with Gasteiger partial charge in [-0.1, -0.05) is 12.1 Å². The van der Waals surface area contributed by atoms with E-state index >= 15 is 0 Å². The van der Waals surface area contributed by atoms with Gasteiger partial charge in [-0.15, -0.1) is 0 Å². The minimum atomic E-state index is -4.14. The van der Waals surface area contributed by atoms with Crippen LogP contribution in [0.25, 0.3) is 16.6 Å². The first-order valence-corrected chi connectivity index (χ1v) is 7.42. The lowest BCUT2D eigenvalue weighted by atomic mass is 10.2. The van der Waals surface area contributed by atoms with Gasteiger partial charge in [-0.3, -0.25) is 0 Å². The Bertz CT molecular complexity index is 886. The van der Waals surface area contributed by atoms with Crippen molar-refractivity contribution in [3.05, 3.63) is 42.1 Å². The number of aryl methyl sites for hydroxylation is 1. The van der Waals surface area contributed by atoms with Crippen LogP contribution in [0.2, 0.25) is 0 Å². The quantitative estimate of drug-likeness (QED) is 0.701. The number of anilines is 1. The third-order valence-electron chi connectivity index (χ3n) is 3.91. The molecule has 0 amide bonds. The van der Waals surface area contributed by atoms with Crippen molar-refractivity contribution < 1.29 is 14.5 Å². The molecular formula is C17H18F3N3. The predicted octanol–water partition coefficient (Wildman–Crippen LogP) is 4.57. The number of hydrogen-bond donors (Lipinski definition) is 0. The molecule has 3 aromatic rings. The van der Waals surface area contributed by atoms with Gasteiger partial charge >= 0.3 is 6.18 Å². The standard InChI is InChI=1S/C17H18F3N3/c1-12-8-9-15-16(22(2)11-5-10-17(18,19)20)21-13-6-3-4-7-14(13)23(12)15/h3-4,6-9H,5,10-11H2,1-2H3/i3D. The summed E-state index contributed by atoms with van der Waals surface area (Å²) in [7, 11) is 1.75. The molecule has 0 aliphatic rings. The molecule has 0 N–H and O–H groups in total. The van der Waals surface area contributed by atoms with E-state index in [0.717, 1.165) is 16.7 Å². The summed E-state index contributed by atoms with van der Waals surface area (Å²) < 4.78 is 46.9. The highest BCUT2D eigenvalue weighted by molar-refractivity contribution is 5.85. The molecule has 3 nitrogen and oxygen atoms in total. The molecule has 0 saturated carbocycles. The molecule has 0 saturated heterocycles. The molecule has 0 aliphatic heterocycles. The molecule has 0 spiro atoms. The van der Waals surface area contributed by atoms with Gasteiger partial charge in [0.15, 0.2) is 5.82 Å². The smallest absolute Gasteiger partial charge is 0.358 e. The van der Waals surface area contributed by atoms with Gasteiger partial charge in [-0.25, -0.2) is 4.98 Å². The molecule has 122 valence electrons. The number of halogens is 3. The first kappa shape index (κ1) is 14.4. The topological polar surface area (TPSA) is 20.5 Å². The summed E-state index contributed by atoms with van der Waals surface area (Å²) >= 11 is 0. The van der Waals surface area contributed by atoms with Gasteiger partial charge in [0.05, 0.1) is 17.9 Å². The summed E-state index contributed by atoms with van der Waals surface area (Å²) in [6.07, 6.45) is -4.93. The van der Waals surface area contributed by atoms with Crippen LogP contribution in [0.15, 0.2) is 36.4 Å². The second kappa shape index (κ2) is 5.76.